The summed E-state index contributed by atoms with van der Waals surface area (Å²) >= 11 is 11.6. The second-order valence-electron chi connectivity index (χ2n) is 10.4. The molecule has 0 aliphatic rings. The minimum atomic E-state index is -3.76. The smallest absolute Gasteiger partial charge is 0.337 e. The number of aryl methyl sites for hydroxylation is 2. The number of ether oxygens (including phenoxy) is 1. The maximum absolute atomic E-state index is 12.6. The zero-order valence-electron chi connectivity index (χ0n) is 28.4. The third-order valence-corrected chi connectivity index (χ3v) is 12.5. The molecule has 0 aliphatic carbocycles. The Balaban J connectivity index is 0.000000321. The molecule has 0 fully saturated rings. The summed E-state index contributed by atoms with van der Waals surface area (Å²) in [5.41, 5.74) is 2.11. The van der Waals surface area contributed by atoms with Crippen LogP contribution in [0.3, 0.4) is 0 Å². The SMILES string of the molecule is COC(=O)c1ccc(S(=O)(=O)Nc2sc3ccccc3c2C)cc1.Cc1c(NS(=O)(=O)c2ccc(C(=O)O)cc2)sc2ccccc12.IC(I)I.[CH2-]I.[V]. The molecule has 6 rings (SSSR count). The number of benzene rings is 4. The molecule has 3 N–H and O–H groups in total. The van der Waals surface area contributed by atoms with Gasteiger partial charge in [0.1, 0.15) is 9.94 Å². The van der Waals surface area contributed by atoms with E-state index in [-0.39, 0.29) is 33.9 Å². The number of sulfonamides is 2. The quantitative estimate of drug-likeness (QED) is 0.0589. The van der Waals surface area contributed by atoms with Gasteiger partial charge in [0.2, 0.25) is 0 Å². The van der Waals surface area contributed by atoms with Gasteiger partial charge in [-0.05, 0) is 96.4 Å². The van der Waals surface area contributed by atoms with Crippen LogP contribution in [0.25, 0.3) is 20.2 Å². The number of fused-ring (bicyclic) bond motifs is 2. The number of nitrogens with one attached hydrogen (secondary N) is 2. The molecule has 0 unspecified atom stereocenters. The molecule has 0 atom stereocenters. The Bertz CT molecular complexity index is 2400. The van der Waals surface area contributed by atoms with Crippen molar-refractivity contribution in [3.63, 3.8) is 0 Å². The first-order valence-corrected chi connectivity index (χ1v) is 24.6. The summed E-state index contributed by atoms with van der Waals surface area (Å²) in [5.74, 6) is -1.60. The van der Waals surface area contributed by atoms with E-state index in [1.54, 1.807) is 0 Å². The van der Waals surface area contributed by atoms with Crippen LogP contribution >= 0.6 is 113 Å². The second kappa shape index (κ2) is 22.6. The van der Waals surface area contributed by atoms with E-state index in [1.165, 1.54) is 78.3 Å². The van der Waals surface area contributed by atoms with E-state index in [1.807, 2.05) is 85.0 Å². The van der Waals surface area contributed by atoms with Gasteiger partial charge in [0, 0.05) is 28.0 Å². The Kier molecular flexibility index (Phi) is 20.5. The molecule has 0 aliphatic heterocycles. The average molecular weight is 1290 g/mol. The Hall–Kier alpha value is -1.26. The Morgan fingerprint density at radius 1 is 0.667 bits per heavy atom. The van der Waals surface area contributed by atoms with Crippen molar-refractivity contribution < 1.29 is 54.8 Å². The molecule has 0 amide bonds. The number of esters is 1. The maximum Gasteiger partial charge on any atom is 0.337 e. The molecule has 0 bridgehead atoms. The van der Waals surface area contributed by atoms with E-state index in [0.717, 1.165) is 31.2 Å². The topological polar surface area (TPSA) is 156 Å². The van der Waals surface area contributed by atoms with Crippen molar-refractivity contribution in [2.75, 3.05) is 16.6 Å². The number of carbonyl (C=O) groups is 2. The van der Waals surface area contributed by atoms with E-state index in [0.29, 0.717) is 15.6 Å². The van der Waals surface area contributed by atoms with Crippen molar-refractivity contribution >= 4 is 175 Å². The van der Waals surface area contributed by atoms with E-state index in [4.69, 9.17) is 5.11 Å². The molecule has 54 heavy (non-hydrogen) atoms. The fraction of sp³-hybridized carbons (Fsp3) is 0.114. The predicted octanol–water partition coefficient (Wildman–Crippen LogP) is 11.3. The molecule has 0 spiro atoms. The minimum Gasteiger partial charge on any atom is -0.478 e. The third kappa shape index (κ3) is 13.4. The van der Waals surface area contributed by atoms with Gasteiger partial charge in [-0.15, -0.1) is 22.7 Å². The number of rotatable bonds is 8. The van der Waals surface area contributed by atoms with Crippen LogP contribution in [0.1, 0.15) is 31.8 Å². The molecular formula is C35H31I4N2O8S4V-. The fourth-order valence-corrected chi connectivity index (χ4v) is 9.50. The number of carbonyl (C=O) groups excluding carboxylic acids is 1. The van der Waals surface area contributed by atoms with Gasteiger partial charge in [-0.25, -0.2) is 26.4 Å². The van der Waals surface area contributed by atoms with Crippen LogP contribution in [0, 0.1) is 18.8 Å². The number of aromatic carboxylic acids is 1. The minimum absolute atomic E-state index is 0. The van der Waals surface area contributed by atoms with Gasteiger partial charge in [-0.2, -0.15) is 0 Å². The van der Waals surface area contributed by atoms with Crippen molar-refractivity contribution in [3.05, 3.63) is 124 Å². The summed E-state index contributed by atoms with van der Waals surface area (Å²) in [6.45, 7) is 3.75. The molecule has 2 aromatic heterocycles. The van der Waals surface area contributed by atoms with Gasteiger partial charge in [0.25, 0.3) is 20.0 Å². The van der Waals surface area contributed by atoms with Crippen LogP contribution in [0.4, 0.5) is 10.0 Å². The Morgan fingerprint density at radius 3 is 1.31 bits per heavy atom. The largest absolute Gasteiger partial charge is 0.478 e. The number of halogens is 4. The third-order valence-electron chi connectivity index (χ3n) is 7.14. The molecule has 10 nitrogen and oxygen atoms in total. The molecule has 0 saturated carbocycles. The van der Waals surface area contributed by atoms with Gasteiger partial charge in [0.05, 0.1) is 28.0 Å². The molecule has 2 heterocycles. The molecule has 4 aromatic carbocycles. The standard InChI is InChI=1S/C17H15NO4S2.C16H13NO4S2.CHI3.CH2I.V/c1-11-14-5-3-4-6-15(14)23-16(11)18-24(20,21)13-9-7-12(8-10-13)17(19)22-2;1-10-13-4-2-3-5-14(13)22-15(10)17-23(20,21)12-8-6-11(7-9-12)16(18)19;2-1(3)4;1-2;/h3-10,18H,1-2H3;2-9,17H,1H3,(H,18,19);1H;1H2;/q;;;-1;. The van der Waals surface area contributed by atoms with Crippen molar-refractivity contribution in [2.24, 2.45) is 0 Å². The monoisotopic (exact) mass is 1290 g/mol. The summed E-state index contributed by atoms with van der Waals surface area (Å²) in [5, 5.41) is 12.1. The molecule has 1 radical (unpaired) electrons. The zero-order chi connectivity index (χ0) is 39.5. The summed E-state index contributed by atoms with van der Waals surface area (Å²) in [7, 11) is -6.21. The number of hydrogen-bond acceptors (Lipinski definition) is 9. The molecule has 6 aromatic rings. The Labute approximate surface area is 389 Å². The predicted molar refractivity (Wildman–Crippen MR) is 251 cm³/mol. The molecular weight excluding hydrogens is 1260 g/mol. The van der Waals surface area contributed by atoms with Crippen molar-refractivity contribution in [1.82, 2.24) is 0 Å². The summed E-state index contributed by atoms with van der Waals surface area (Å²) < 4.78 is 62.6. The van der Waals surface area contributed by atoms with Gasteiger partial charge >= 0.3 is 11.9 Å². The van der Waals surface area contributed by atoms with E-state index in [2.05, 4.69) is 86.9 Å². The fourth-order valence-electron chi connectivity index (χ4n) is 4.57. The van der Waals surface area contributed by atoms with Crippen LogP contribution in [0.15, 0.2) is 107 Å². The Morgan fingerprint density at radius 2 is 1.00 bits per heavy atom. The number of carboxylic acids is 1. The van der Waals surface area contributed by atoms with E-state index in [9.17, 15) is 26.4 Å². The molecule has 19 heteroatoms. The van der Waals surface area contributed by atoms with Crippen LogP contribution in [0.5, 0.6) is 0 Å². The summed E-state index contributed by atoms with van der Waals surface area (Å²) in [6.07, 6.45) is 0. The first-order chi connectivity index (χ1) is 25.0. The maximum atomic E-state index is 12.6. The normalized spacial score (nSPS) is 10.8. The number of alkyl halides is 3. The molecule has 287 valence electrons. The van der Waals surface area contributed by atoms with Crippen molar-refractivity contribution in [1.29, 1.82) is 0 Å². The first kappa shape index (κ1) is 48.9. The number of anilines is 2. The van der Waals surface area contributed by atoms with E-state index < -0.39 is 32.0 Å². The van der Waals surface area contributed by atoms with Crippen LogP contribution in [-0.2, 0) is 43.3 Å². The zero-order valence-corrected chi connectivity index (χ0v) is 41.7. The van der Waals surface area contributed by atoms with Crippen molar-refractivity contribution in [2.45, 2.75) is 23.6 Å². The average Bonchev–Trinajstić information content (AvgIpc) is 3.62. The summed E-state index contributed by atoms with van der Waals surface area (Å²) in [6, 6.07) is 26.2. The van der Waals surface area contributed by atoms with Crippen LogP contribution in [0.2, 0.25) is 0 Å². The van der Waals surface area contributed by atoms with Gasteiger partial charge < -0.3 is 32.4 Å². The van der Waals surface area contributed by atoms with Gasteiger partial charge in [0.15, 0.2) is 0 Å². The van der Waals surface area contributed by atoms with Crippen molar-refractivity contribution in [3.8, 4) is 0 Å². The number of methoxy groups -OCH3 is 1. The number of thiophene rings is 2. The van der Waals surface area contributed by atoms with Crippen LogP contribution in [-0.4, -0.2) is 40.9 Å². The number of carboxylic acid groups (broad SMARTS) is 1. The first-order valence-electron chi connectivity index (χ1n) is 14.8. The van der Waals surface area contributed by atoms with Crippen LogP contribution < -0.4 is 9.44 Å². The van der Waals surface area contributed by atoms with Gasteiger partial charge in [-0.1, -0.05) is 104 Å². The van der Waals surface area contributed by atoms with E-state index >= 15 is 0 Å². The molecule has 0 saturated heterocycles. The summed E-state index contributed by atoms with van der Waals surface area (Å²) in [4.78, 5) is 25.6. The van der Waals surface area contributed by atoms with Gasteiger partial charge in [-0.3, -0.25) is 14.4 Å². The second-order valence-corrected chi connectivity index (χ2v) is 26.8. The number of hydrogen-bond donors (Lipinski definition) is 3.